The number of carbonyl (C=O) groups is 1. The monoisotopic (exact) mass is 606 g/mol. The number of halogens is 3. The van der Waals surface area contributed by atoms with Gasteiger partial charge in [0.05, 0.1) is 18.6 Å². The van der Waals surface area contributed by atoms with Gasteiger partial charge in [-0.15, -0.1) is 0 Å². The number of aromatic hydroxyl groups is 1. The SMILES string of the molecule is Cc1cc(N=C2NC(=O)/C(=C/c3cc(Br)c(O)c(I)c3)S2)cc(C)c1Br. The van der Waals surface area contributed by atoms with Gasteiger partial charge in [-0.25, -0.2) is 4.99 Å². The summed E-state index contributed by atoms with van der Waals surface area (Å²) < 4.78 is 2.37. The van der Waals surface area contributed by atoms with Crippen LogP contribution in [0.15, 0.2) is 43.1 Å². The minimum Gasteiger partial charge on any atom is -0.506 e. The molecular formula is C18H13Br2IN2O2S. The highest BCUT2D eigenvalue weighted by Crippen LogP contribution is 2.34. The summed E-state index contributed by atoms with van der Waals surface area (Å²) in [6.07, 6.45) is 1.78. The van der Waals surface area contributed by atoms with E-state index in [9.17, 15) is 9.90 Å². The fourth-order valence-electron chi connectivity index (χ4n) is 2.41. The van der Waals surface area contributed by atoms with Crippen LogP contribution in [-0.2, 0) is 4.79 Å². The molecule has 3 rings (SSSR count). The largest absolute Gasteiger partial charge is 0.506 e. The number of rotatable bonds is 2. The molecule has 1 saturated heterocycles. The van der Waals surface area contributed by atoms with E-state index in [0.717, 1.165) is 26.9 Å². The number of nitrogens with zero attached hydrogens (tertiary/aromatic N) is 1. The molecule has 1 fully saturated rings. The zero-order valence-corrected chi connectivity index (χ0v) is 19.9. The number of benzene rings is 2. The number of phenolic OH excluding ortho intramolecular Hbond substituents is 1. The summed E-state index contributed by atoms with van der Waals surface area (Å²) in [6, 6.07) is 7.53. The number of thioether (sulfide) groups is 1. The van der Waals surface area contributed by atoms with Crippen molar-refractivity contribution in [3.05, 3.63) is 58.4 Å². The number of amides is 1. The highest BCUT2D eigenvalue weighted by atomic mass is 127. The first-order valence-electron chi connectivity index (χ1n) is 7.49. The number of aryl methyl sites for hydroxylation is 2. The Morgan fingerprint density at radius 1 is 1.19 bits per heavy atom. The second-order valence-corrected chi connectivity index (χ2v) is 9.55. The van der Waals surface area contributed by atoms with Crippen molar-refractivity contribution in [2.75, 3.05) is 0 Å². The van der Waals surface area contributed by atoms with Gasteiger partial charge in [0.1, 0.15) is 5.75 Å². The molecule has 0 aromatic heterocycles. The molecule has 1 aliphatic rings. The van der Waals surface area contributed by atoms with Crippen LogP contribution < -0.4 is 5.32 Å². The summed E-state index contributed by atoms with van der Waals surface area (Å²) in [6.45, 7) is 4.02. The predicted molar refractivity (Wildman–Crippen MR) is 123 cm³/mol. The van der Waals surface area contributed by atoms with Gasteiger partial charge >= 0.3 is 0 Å². The van der Waals surface area contributed by atoms with E-state index in [1.807, 2.05) is 32.0 Å². The molecule has 0 saturated carbocycles. The molecule has 1 heterocycles. The van der Waals surface area contributed by atoms with E-state index in [-0.39, 0.29) is 11.7 Å². The van der Waals surface area contributed by atoms with Crippen molar-refractivity contribution in [1.29, 1.82) is 0 Å². The lowest BCUT2D eigenvalue weighted by Crippen LogP contribution is -2.19. The second kappa shape index (κ2) is 8.04. The van der Waals surface area contributed by atoms with Crippen molar-refractivity contribution in [2.45, 2.75) is 13.8 Å². The summed E-state index contributed by atoms with van der Waals surface area (Å²) >= 11 is 10.2. The first kappa shape index (κ1) is 19.9. The standard InChI is InChI=1S/C18H13Br2IN2O2S/c1-8-3-11(4-9(2)15(8)20)22-18-23-17(25)14(26-18)7-10-5-12(19)16(24)13(21)6-10/h3-7,24H,1-2H3,(H,22,23,25)/b14-7-. The van der Waals surface area contributed by atoms with Crippen LogP contribution in [0.5, 0.6) is 5.75 Å². The zero-order valence-electron chi connectivity index (χ0n) is 13.7. The van der Waals surface area contributed by atoms with E-state index in [2.05, 4.69) is 64.8 Å². The van der Waals surface area contributed by atoms with Gasteiger partial charge in [0.15, 0.2) is 5.17 Å². The quantitative estimate of drug-likeness (QED) is 0.324. The molecule has 0 unspecified atom stereocenters. The Labute approximate surface area is 186 Å². The zero-order chi connectivity index (χ0) is 19.0. The van der Waals surface area contributed by atoms with Crippen LogP contribution in [0.2, 0.25) is 0 Å². The third-order valence-corrected chi connectivity index (χ3v) is 7.23. The van der Waals surface area contributed by atoms with Crippen molar-refractivity contribution in [3.8, 4) is 5.75 Å². The maximum atomic E-state index is 12.3. The van der Waals surface area contributed by atoms with E-state index in [0.29, 0.717) is 18.1 Å². The molecule has 1 amide bonds. The third kappa shape index (κ3) is 4.35. The molecular weight excluding hydrogens is 595 g/mol. The number of phenols is 1. The number of amidine groups is 1. The summed E-state index contributed by atoms with van der Waals surface area (Å²) in [4.78, 5) is 17.4. The van der Waals surface area contributed by atoms with Gasteiger partial charge in [0, 0.05) is 4.47 Å². The van der Waals surface area contributed by atoms with Crippen molar-refractivity contribution in [1.82, 2.24) is 5.32 Å². The average molecular weight is 608 g/mol. The fraction of sp³-hybridized carbons (Fsp3) is 0.111. The number of carbonyl (C=O) groups excluding carboxylic acids is 1. The van der Waals surface area contributed by atoms with E-state index in [1.54, 1.807) is 12.1 Å². The van der Waals surface area contributed by atoms with Crippen molar-refractivity contribution < 1.29 is 9.90 Å². The van der Waals surface area contributed by atoms with Gasteiger partial charge in [-0.05, 0) is 111 Å². The molecule has 0 radical (unpaired) electrons. The maximum Gasteiger partial charge on any atom is 0.264 e. The van der Waals surface area contributed by atoms with Crippen LogP contribution in [0.25, 0.3) is 6.08 Å². The van der Waals surface area contributed by atoms with E-state index in [1.165, 1.54) is 11.8 Å². The molecule has 0 aliphatic carbocycles. The van der Waals surface area contributed by atoms with Gasteiger partial charge in [0.2, 0.25) is 0 Å². The second-order valence-electron chi connectivity index (χ2n) is 5.71. The lowest BCUT2D eigenvalue weighted by molar-refractivity contribution is -0.115. The van der Waals surface area contributed by atoms with Gasteiger partial charge in [0.25, 0.3) is 5.91 Å². The smallest absolute Gasteiger partial charge is 0.264 e. The first-order chi connectivity index (χ1) is 12.2. The molecule has 0 spiro atoms. The van der Waals surface area contributed by atoms with Crippen LogP contribution in [0.4, 0.5) is 5.69 Å². The van der Waals surface area contributed by atoms with Crippen LogP contribution in [0, 0.1) is 17.4 Å². The molecule has 2 N–H and O–H groups in total. The van der Waals surface area contributed by atoms with E-state index >= 15 is 0 Å². The molecule has 0 bridgehead atoms. The average Bonchev–Trinajstić information content (AvgIpc) is 2.89. The van der Waals surface area contributed by atoms with Crippen LogP contribution in [-0.4, -0.2) is 16.2 Å². The Morgan fingerprint density at radius 3 is 2.46 bits per heavy atom. The highest BCUT2D eigenvalue weighted by molar-refractivity contribution is 14.1. The highest BCUT2D eigenvalue weighted by Gasteiger charge is 2.24. The van der Waals surface area contributed by atoms with E-state index in [4.69, 9.17) is 0 Å². The minimum absolute atomic E-state index is 0.182. The molecule has 2 aromatic carbocycles. The summed E-state index contributed by atoms with van der Waals surface area (Å²) in [5.41, 5.74) is 3.82. The Hall–Kier alpha value is -0.840. The number of aliphatic imine (C=N–C) groups is 1. The molecule has 26 heavy (non-hydrogen) atoms. The number of hydrogen-bond donors (Lipinski definition) is 2. The summed E-state index contributed by atoms with van der Waals surface area (Å²) in [5, 5.41) is 13.2. The van der Waals surface area contributed by atoms with Gasteiger partial charge in [-0.2, -0.15) is 0 Å². The Bertz CT molecular complexity index is 943. The minimum atomic E-state index is -0.182. The number of hydrogen-bond acceptors (Lipinski definition) is 4. The third-order valence-electron chi connectivity index (χ3n) is 3.64. The normalized spacial score (nSPS) is 17.2. The lowest BCUT2D eigenvalue weighted by Gasteiger charge is -2.05. The van der Waals surface area contributed by atoms with Crippen LogP contribution in [0.3, 0.4) is 0 Å². The first-order valence-corrected chi connectivity index (χ1v) is 11.0. The Morgan fingerprint density at radius 2 is 1.85 bits per heavy atom. The predicted octanol–water partition coefficient (Wildman–Crippen LogP) is 6.03. The molecule has 8 heteroatoms. The molecule has 134 valence electrons. The van der Waals surface area contributed by atoms with Gasteiger partial charge in [-0.1, -0.05) is 15.9 Å². The molecule has 4 nitrogen and oxygen atoms in total. The fourth-order valence-corrected chi connectivity index (χ4v) is 4.97. The van der Waals surface area contributed by atoms with Crippen LogP contribution in [0.1, 0.15) is 16.7 Å². The Kier molecular flexibility index (Phi) is 6.15. The molecule has 0 atom stereocenters. The van der Waals surface area contributed by atoms with Gasteiger partial charge in [-0.3, -0.25) is 4.79 Å². The van der Waals surface area contributed by atoms with Crippen LogP contribution >= 0.6 is 66.2 Å². The van der Waals surface area contributed by atoms with Crippen molar-refractivity contribution in [3.63, 3.8) is 0 Å². The van der Waals surface area contributed by atoms with Crippen molar-refractivity contribution >= 4 is 89.1 Å². The van der Waals surface area contributed by atoms with E-state index < -0.39 is 0 Å². The topological polar surface area (TPSA) is 61.7 Å². The lowest BCUT2D eigenvalue weighted by atomic mass is 10.1. The molecule has 1 aliphatic heterocycles. The number of nitrogens with one attached hydrogen (secondary N) is 1. The maximum absolute atomic E-state index is 12.3. The molecule has 2 aromatic rings. The summed E-state index contributed by atoms with van der Waals surface area (Å²) in [5.74, 6) is 0.0121. The Balaban J connectivity index is 1.89. The van der Waals surface area contributed by atoms with Gasteiger partial charge < -0.3 is 10.4 Å². The summed E-state index contributed by atoms with van der Waals surface area (Å²) in [7, 11) is 0. The van der Waals surface area contributed by atoms with Crippen molar-refractivity contribution in [2.24, 2.45) is 4.99 Å².